The number of amides is 1. The van der Waals surface area contributed by atoms with E-state index in [-0.39, 0.29) is 5.91 Å². The molecular weight excluding hydrogens is 212 g/mol. The summed E-state index contributed by atoms with van der Waals surface area (Å²) in [6, 6.07) is 7.82. The SMILES string of the molecule is O=C1N=c2ccccc2=C1CN1CCCCC1. The zero-order chi connectivity index (χ0) is 11.7. The molecular formula is C14H16N2O. The molecule has 3 heteroatoms. The molecule has 0 unspecified atom stereocenters. The van der Waals surface area contributed by atoms with E-state index in [0.29, 0.717) is 0 Å². The van der Waals surface area contributed by atoms with Crippen molar-refractivity contribution in [3.63, 3.8) is 0 Å². The number of carbonyl (C=O) groups is 1. The van der Waals surface area contributed by atoms with Gasteiger partial charge in [-0.15, -0.1) is 0 Å². The molecule has 1 aromatic rings. The Labute approximate surface area is 100 Å². The van der Waals surface area contributed by atoms with E-state index in [1.54, 1.807) is 0 Å². The van der Waals surface area contributed by atoms with E-state index >= 15 is 0 Å². The van der Waals surface area contributed by atoms with Gasteiger partial charge in [0.25, 0.3) is 5.91 Å². The van der Waals surface area contributed by atoms with Crippen LogP contribution < -0.4 is 10.6 Å². The molecule has 1 amide bonds. The minimum Gasteiger partial charge on any atom is -0.299 e. The van der Waals surface area contributed by atoms with Crippen molar-refractivity contribution in [1.82, 2.24) is 4.90 Å². The number of rotatable bonds is 2. The minimum absolute atomic E-state index is 0.0447. The fraction of sp³-hybridized carbons (Fsp3) is 0.429. The zero-order valence-corrected chi connectivity index (χ0v) is 9.85. The second-order valence-electron chi connectivity index (χ2n) is 4.75. The molecule has 2 aliphatic rings. The number of likely N-dealkylation sites (tertiary alicyclic amines) is 1. The lowest BCUT2D eigenvalue weighted by Gasteiger charge is -2.26. The topological polar surface area (TPSA) is 32.7 Å². The normalized spacial score (nSPS) is 20.2. The van der Waals surface area contributed by atoms with Crippen molar-refractivity contribution >= 4 is 11.5 Å². The molecule has 3 nitrogen and oxygen atoms in total. The summed E-state index contributed by atoms with van der Waals surface area (Å²) >= 11 is 0. The van der Waals surface area contributed by atoms with Gasteiger partial charge in [-0.3, -0.25) is 9.69 Å². The zero-order valence-electron chi connectivity index (χ0n) is 9.85. The molecule has 0 bridgehead atoms. The van der Waals surface area contributed by atoms with Gasteiger partial charge in [-0.25, -0.2) is 4.99 Å². The van der Waals surface area contributed by atoms with Crippen LogP contribution in [0, 0.1) is 0 Å². The highest BCUT2D eigenvalue weighted by molar-refractivity contribution is 6.15. The first-order valence-corrected chi connectivity index (χ1v) is 6.28. The Morgan fingerprint density at radius 1 is 1.12 bits per heavy atom. The first kappa shape index (κ1) is 10.7. The number of carbonyl (C=O) groups excluding carboxylic acids is 1. The lowest BCUT2D eigenvalue weighted by atomic mass is 10.1. The van der Waals surface area contributed by atoms with E-state index in [2.05, 4.69) is 9.89 Å². The highest BCUT2D eigenvalue weighted by atomic mass is 16.1. The van der Waals surface area contributed by atoms with Gasteiger partial charge in [0.15, 0.2) is 0 Å². The maximum atomic E-state index is 11.9. The molecule has 0 radical (unpaired) electrons. The van der Waals surface area contributed by atoms with Crippen LogP contribution in [0.15, 0.2) is 29.3 Å². The summed E-state index contributed by atoms with van der Waals surface area (Å²) < 4.78 is 0. The maximum Gasteiger partial charge on any atom is 0.275 e. The summed E-state index contributed by atoms with van der Waals surface area (Å²) in [5, 5.41) is 1.87. The number of benzene rings is 1. The number of piperidine rings is 1. The molecule has 0 aliphatic carbocycles. The Hall–Kier alpha value is -1.48. The molecule has 2 aliphatic heterocycles. The Morgan fingerprint density at radius 2 is 1.88 bits per heavy atom. The van der Waals surface area contributed by atoms with Crippen molar-refractivity contribution < 1.29 is 4.79 Å². The first-order chi connectivity index (χ1) is 8.34. The molecule has 1 aromatic carbocycles. The smallest absolute Gasteiger partial charge is 0.275 e. The van der Waals surface area contributed by atoms with E-state index in [0.717, 1.165) is 35.8 Å². The Morgan fingerprint density at radius 3 is 2.71 bits per heavy atom. The number of para-hydroxylation sites is 1. The van der Waals surface area contributed by atoms with Gasteiger partial charge in [-0.05, 0) is 32.0 Å². The van der Waals surface area contributed by atoms with Gasteiger partial charge in [0.2, 0.25) is 0 Å². The molecule has 3 rings (SSSR count). The highest BCUT2D eigenvalue weighted by Crippen LogP contribution is 2.12. The maximum absolute atomic E-state index is 11.9. The van der Waals surface area contributed by atoms with Crippen LogP contribution >= 0.6 is 0 Å². The first-order valence-electron chi connectivity index (χ1n) is 6.28. The minimum atomic E-state index is -0.0447. The molecule has 0 atom stereocenters. The third kappa shape index (κ3) is 2.03. The van der Waals surface area contributed by atoms with E-state index in [1.165, 1.54) is 19.3 Å². The summed E-state index contributed by atoms with van der Waals surface area (Å²) in [6.45, 7) is 2.98. The predicted octanol–water partition coefficient (Wildman–Crippen LogP) is 0.483. The fourth-order valence-electron chi connectivity index (χ4n) is 2.61. The third-order valence-corrected chi connectivity index (χ3v) is 3.54. The van der Waals surface area contributed by atoms with Crippen LogP contribution in [0.1, 0.15) is 19.3 Å². The van der Waals surface area contributed by atoms with E-state index in [4.69, 9.17) is 0 Å². The molecule has 0 saturated carbocycles. The largest absolute Gasteiger partial charge is 0.299 e. The van der Waals surface area contributed by atoms with Crippen LogP contribution in [0.2, 0.25) is 0 Å². The third-order valence-electron chi connectivity index (χ3n) is 3.54. The van der Waals surface area contributed by atoms with Gasteiger partial charge in [0.1, 0.15) is 0 Å². The van der Waals surface area contributed by atoms with Gasteiger partial charge >= 0.3 is 0 Å². The van der Waals surface area contributed by atoms with Crippen LogP contribution in [0.25, 0.3) is 5.57 Å². The summed E-state index contributed by atoms with van der Waals surface area (Å²) in [5.41, 5.74) is 0.877. The van der Waals surface area contributed by atoms with Gasteiger partial charge in [0, 0.05) is 17.3 Å². The van der Waals surface area contributed by atoms with Gasteiger partial charge in [-0.1, -0.05) is 24.6 Å². The summed E-state index contributed by atoms with van der Waals surface area (Å²) in [7, 11) is 0. The summed E-state index contributed by atoms with van der Waals surface area (Å²) in [5.74, 6) is -0.0447. The summed E-state index contributed by atoms with van der Waals surface area (Å²) in [4.78, 5) is 18.3. The monoisotopic (exact) mass is 228 g/mol. The van der Waals surface area contributed by atoms with Crippen LogP contribution in [0.4, 0.5) is 0 Å². The quantitative estimate of drug-likeness (QED) is 0.737. The average molecular weight is 228 g/mol. The molecule has 2 heterocycles. The van der Waals surface area contributed by atoms with E-state index < -0.39 is 0 Å². The fourth-order valence-corrected chi connectivity index (χ4v) is 2.61. The number of hydrogen-bond donors (Lipinski definition) is 0. The molecule has 17 heavy (non-hydrogen) atoms. The molecule has 1 saturated heterocycles. The lowest BCUT2D eigenvalue weighted by Crippen LogP contribution is -2.34. The lowest BCUT2D eigenvalue weighted by molar-refractivity contribution is -0.112. The molecule has 0 spiro atoms. The van der Waals surface area contributed by atoms with Crippen molar-refractivity contribution in [3.8, 4) is 0 Å². The van der Waals surface area contributed by atoms with Crippen LogP contribution in [-0.4, -0.2) is 30.4 Å². The number of nitrogens with zero attached hydrogens (tertiary/aromatic N) is 2. The second kappa shape index (κ2) is 4.41. The highest BCUT2D eigenvalue weighted by Gasteiger charge is 2.20. The van der Waals surface area contributed by atoms with Crippen molar-refractivity contribution in [2.45, 2.75) is 19.3 Å². The van der Waals surface area contributed by atoms with Gasteiger partial charge in [-0.2, -0.15) is 0 Å². The van der Waals surface area contributed by atoms with Crippen LogP contribution in [0.5, 0.6) is 0 Å². The van der Waals surface area contributed by atoms with Crippen molar-refractivity contribution in [1.29, 1.82) is 0 Å². The molecule has 0 N–H and O–H groups in total. The molecule has 0 aromatic heterocycles. The molecule has 1 fully saturated rings. The Bertz CT molecular complexity index is 556. The Kier molecular flexibility index (Phi) is 2.77. The van der Waals surface area contributed by atoms with E-state index in [9.17, 15) is 4.79 Å². The standard InChI is InChI=1S/C14H16N2O/c17-14-12(10-16-8-4-1-5-9-16)11-6-2-3-7-13(11)15-14/h2-3,6-7H,1,4-5,8-10H2. The number of fused-ring (bicyclic) bond motifs is 1. The summed E-state index contributed by atoms with van der Waals surface area (Å²) in [6.07, 6.45) is 3.82. The van der Waals surface area contributed by atoms with Crippen molar-refractivity contribution in [2.24, 2.45) is 4.99 Å². The van der Waals surface area contributed by atoms with Gasteiger partial charge < -0.3 is 0 Å². The molecule has 88 valence electrons. The average Bonchev–Trinajstić information content (AvgIpc) is 2.68. The van der Waals surface area contributed by atoms with Crippen molar-refractivity contribution in [2.75, 3.05) is 19.6 Å². The number of hydrogen-bond acceptors (Lipinski definition) is 2. The van der Waals surface area contributed by atoms with Gasteiger partial charge in [0.05, 0.1) is 5.36 Å². The van der Waals surface area contributed by atoms with E-state index in [1.807, 2.05) is 24.3 Å². The van der Waals surface area contributed by atoms with Crippen molar-refractivity contribution in [3.05, 3.63) is 34.8 Å². The predicted molar refractivity (Wildman–Crippen MR) is 65.9 cm³/mol. The van der Waals surface area contributed by atoms with Crippen LogP contribution in [-0.2, 0) is 4.79 Å². The van der Waals surface area contributed by atoms with Crippen LogP contribution in [0.3, 0.4) is 0 Å². The second-order valence-corrected chi connectivity index (χ2v) is 4.75. The Balaban J connectivity index is 1.93.